The summed E-state index contributed by atoms with van der Waals surface area (Å²) in [6, 6.07) is 0. The van der Waals surface area contributed by atoms with E-state index < -0.39 is 0 Å². The zero-order chi connectivity index (χ0) is 9.26. The van der Waals surface area contributed by atoms with E-state index in [0.717, 1.165) is 19.1 Å². The maximum absolute atomic E-state index is 11.4. The molecule has 0 spiro atoms. The van der Waals surface area contributed by atoms with Crippen LogP contribution < -0.4 is 0 Å². The molecule has 0 amide bonds. The van der Waals surface area contributed by atoms with E-state index >= 15 is 0 Å². The molecule has 0 atom stereocenters. The third-order valence-corrected chi connectivity index (χ3v) is 3.00. The first-order valence-electron chi connectivity index (χ1n) is 4.87. The Morgan fingerprint density at radius 2 is 1.69 bits per heavy atom. The molecule has 2 rings (SSSR count). The van der Waals surface area contributed by atoms with E-state index in [1.165, 1.54) is 24.0 Å². The quantitative estimate of drug-likeness (QED) is 0.352. The summed E-state index contributed by atoms with van der Waals surface area (Å²) in [6.07, 6.45) is 6.93. The molecule has 2 heteroatoms. The van der Waals surface area contributed by atoms with Crippen molar-refractivity contribution in [2.75, 3.05) is 0 Å². The minimum Gasteiger partial charge on any atom is -0.515 e. The number of Topliss-reactive ketones (excluding diaryl/α,β-unsaturated/α-hetero) is 1. The number of hydrogen-bond donors (Lipinski definition) is 1. The van der Waals surface area contributed by atoms with Crippen LogP contribution in [0.3, 0.4) is 0 Å². The van der Waals surface area contributed by atoms with Crippen LogP contribution in [0.1, 0.15) is 38.5 Å². The molecule has 0 radical (unpaired) electrons. The lowest BCUT2D eigenvalue weighted by atomic mass is 9.80. The molecule has 2 aliphatic carbocycles. The Morgan fingerprint density at radius 1 is 1.08 bits per heavy atom. The average Bonchev–Trinajstić information content (AvgIpc) is 2.17. The number of aliphatic hydroxyl groups is 1. The van der Waals surface area contributed by atoms with E-state index in [-0.39, 0.29) is 5.78 Å². The van der Waals surface area contributed by atoms with Gasteiger partial charge in [0.05, 0.1) is 6.26 Å². The fraction of sp³-hybridized carbons (Fsp3) is 0.545. The summed E-state index contributed by atoms with van der Waals surface area (Å²) in [4.78, 5) is 11.4. The van der Waals surface area contributed by atoms with Crippen molar-refractivity contribution in [3.8, 4) is 0 Å². The molecule has 0 aromatic carbocycles. The maximum atomic E-state index is 11.4. The van der Waals surface area contributed by atoms with Crippen LogP contribution in [-0.2, 0) is 4.79 Å². The van der Waals surface area contributed by atoms with Crippen molar-refractivity contribution in [1.82, 2.24) is 0 Å². The normalized spacial score (nSPS) is 26.5. The van der Waals surface area contributed by atoms with Crippen LogP contribution in [-0.4, -0.2) is 10.9 Å². The predicted octanol–water partition coefficient (Wildman–Crippen LogP) is 2.66. The number of ketones is 1. The highest BCUT2D eigenvalue weighted by molar-refractivity contribution is 5.98. The van der Waals surface area contributed by atoms with Gasteiger partial charge in [0.2, 0.25) is 0 Å². The Bertz CT molecular complexity index is 297. The molecule has 0 aromatic rings. The van der Waals surface area contributed by atoms with Gasteiger partial charge < -0.3 is 5.11 Å². The van der Waals surface area contributed by atoms with Crippen molar-refractivity contribution in [1.29, 1.82) is 0 Å². The standard InChI is InChI=1S/C11H14O2/c12-7-10-5-8-3-1-2-4-9(8)6-11(10)13/h7,12H,1-6H2/b10-7+. The Morgan fingerprint density at radius 3 is 2.31 bits per heavy atom. The zero-order valence-corrected chi connectivity index (χ0v) is 7.68. The fourth-order valence-electron chi connectivity index (χ4n) is 2.21. The van der Waals surface area contributed by atoms with Crippen molar-refractivity contribution in [2.24, 2.45) is 0 Å². The monoisotopic (exact) mass is 178 g/mol. The number of hydrogen-bond acceptors (Lipinski definition) is 2. The summed E-state index contributed by atoms with van der Waals surface area (Å²) in [7, 11) is 0. The molecule has 0 bridgehead atoms. The molecule has 70 valence electrons. The molecule has 2 aliphatic rings. The molecular formula is C11H14O2. The van der Waals surface area contributed by atoms with Crippen molar-refractivity contribution in [3.63, 3.8) is 0 Å². The van der Waals surface area contributed by atoms with E-state index in [1.807, 2.05) is 0 Å². The molecule has 2 nitrogen and oxygen atoms in total. The largest absolute Gasteiger partial charge is 0.515 e. The SMILES string of the molecule is O=C1CC2=C(CCCC2)C/C1=C\O. The van der Waals surface area contributed by atoms with E-state index in [4.69, 9.17) is 5.11 Å². The lowest BCUT2D eigenvalue weighted by Gasteiger charge is -2.25. The van der Waals surface area contributed by atoms with Crippen molar-refractivity contribution < 1.29 is 9.90 Å². The molecule has 0 heterocycles. The summed E-state index contributed by atoms with van der Waals surface area (Å²) in [5.74, 6) is 0.114. The topological polar surface area (TPSA) is 37.3 Å². The molecule has 0 unspecified atom stereocenters. The Kier molecular flexibility index (Phi) is 2.21. The van der Waals surface area contributed by atoms with Gasteiger partial charge in [-0.15, -0.1) is 0 Å². The smallest absolute Gasteiger partial charge is 0.166 e. The number of aliphatic hydroxyl groups excluding tert-OH is 1. The van der Waals surface area contributed by atoms with Gasteiger partial charge in [0.25, 0.3) is 0 Å². The number of carbonyl (C=O) groups excluding carboxylic acids is 1. The molecule has 1 N–H and O–H groups in total. The fourth-order valence-corrected chi connectivity index (χ4v) is 2.21. The third-order valence-electron chi connectivity index (χ3n) is 3.00. The maximum Gasteiger partial charge on any atom is 0.166 e. The number of allylic oxidation sites excluding steroid dienone is 3. The highest BCUT2D eigenvalue weighted by Gasteiger charge is 2.24. The van der Waals surface area contributed by atoms with Gasteiger partial charge in [-0.1, -0.05) is 11.1 Å². The molecule has 0 aromatic heterocycles. The predicted molar refractivity (Wildman–Crippen MR) is 50.4 cm³/mol. The van der Waals surface area contributed by atoms with Gasteiger partial charge in [-0.05, 0) is 25.7 Å². The number of carbonyl (C=O) groups is 1. The van der Waals surface area contributed by atoms with Crippen molar-refractivity contribution >= 4 is 5.78 Å². The van der Waals surface area contributed by atoms with E-state index in [9.17, 15) is 4.79 Å². The summed E-state index contributed by atoms with van der Waals surface area (Å²) < 4.78 is 0. The lowest BCUT2D eigenvalue weighted by Crippen LogP contribution is -2.15. The van der Waals surface area contributed by atoms with E-state index in [2.05, 4.69) is 0 Å². The van der Waals surface area contributed by atoms with Gasteiger partial charge >= 0.3 is 0 Å². The Labute approximate surface area is 78.0 Å². The molecule has 0 aliphatic heterocycles. The van der Waals surface area contributed by atoms with Crippen LogP contribution in [0, 0.1) is 0 Å². The Hall–Kier alpha value is -1.05. The molecule has 0 saturated carbocycles. The minimum atomic E-state index is 0.114. The van der Waals surface area contributed by atoms with Crippen LogP contribution in [0.5, 0.6) is 0 Å². The molecular weight excluding hydrogens is 164 g/mol. The van der Waals surface area contributed by atoms with Crippen molar-refractivity contribution in [2.45, 2.75) is 38.5 Å². The van der Waals surface area contributed by atoms with Crippen LogP contribution in [0.15, 0.2) is 23.0 Å². The van der Waals surface area contributed by atoms with Crippen LogP contribution in [0.2, 0.25) is 0 Å². The molecule has 0 saturated heterocycles. The Balaban J connectivity index is 2.26. The average molecular weight is 178 g/mol. The van der Waals surface area contributed by atoms with E-state index in [1.54, 1.807) is 0 Å². The van der Waals surface area contributed by atoms with Crippen LogP contribution in [0.4, 0.5) is 0 Å². The van der Waals surface area contributed by atoms with E-state index in [0.29, 0.717) is 18.4 Å². The van der Waals surface area contributed by atoms with Gasteiger partial charge in [-0.2, -0.15) is 0 Å². The van der Waals surface area contributed by atoms with Crippen LogP contribution in [0.25, 0.3) is 0 Å². The lowest BCUT2D eigenvalue weighted by molar-refractivity contribution is -0.115. The highest BCUT2D eigenvalue weighted by Crippen LogP contribution is 2.35. The first-order valence-corrected chi connectivity index (χ1v) is 4.87. The van der Waals surface area contributed by atoms with Gasteiger partial charge in [-0.3, -0.25) is 4.79 Å². The van der Waals surface area contributed by atoms with Crippen LogP contribution >= 0.6 is 0 Å². The second kappa shape index (κ2) is 3.36. The summed E-state index contributed by atoms with van der Waals surface area (Å²) in [5, 5.41) is 8.85. The van der Waals surface area contributed by atoms with Gasteiger partial charge in [0.15, 0.2) is 5.78 Å². The molecule has 13 heavy (non-hydrogen) atoms. The highest BCUT2D eigenvalue weighted by atomic mass is 16.2. The first kappa shape index (κ1) is 8.54. The second-order valence-corrected chi connectivity index (χ2v) is 3.85. The first-order chi connectivity index (χ1) is 6.31. The van der Waals surface area contributed by atoms with Crippen molar-refractivity contribution in [3.05, 3.63) is 23.0 Å². The van der Waals surface area contributed by atoms with Gasteiger partial charge in [0, 0.05) is 18.4 Å². The summed E-state index contributed by atoms with van der Waals surface area (Å²) in [5.41, 5.74) is 3.36. The number of rotatable bonds is 0. The third kappa shape index (κ3) is 1.53. The zero-order valence-electron chi connectivity index (χ0n) is 7.68. The summed E-state index contributed by atoms with van der Waals surface area (Å²) in [6.45, 7) is 0. The minimum absolute atomic E-state index is 0.114. The molecule has 0 fully saturated rings. The summed E-state index contributed by atoms with van der Waals surface area (Å²) >= 11 is 0. The second-order valence-electron chi connectivity index (χ2n) is 3.85. The van der Waals surface area contributed by atoms with Gasteiger partial charge in [-0.25, -0.2) is 0 Å². The van der Waals surface area contributed by atoms with Gasteiger partial charge in [0.1, 0.15) is 0 Å².